The second kappa shape index (κ2) is 12.4. The van der Waals surface area contributed by atoms with Crippen molar-refractivity contribution in [2.24, 2.45) is 0 Å². The summed E-state index contributed by atoms with van der Waals surface area (Å²) in [5.41, 5.74) is 4.20. The maximum atomic E-state index is 13.7. The number of carbonyl (C=O) groups is 2. The van der Waals surface area contributed by atoms with Crippen molar-refractivity contribution in [2.45, 2.75) is 37.7 Å². The molecule has 0 unspecified atom stereocenters. The molecule has 4 aromatic heterocycles. The van der Waals surface area contributed by atoms with E-state index < -0.39 is 5.60 Å². The van der Waals surface area contributed by atoms with Gasteiger partial charge in [-0.1, -0.05) is 55.0 Å². The predicted octanol–water partition coefficient (Wildman–Crippen LogP) is 11.6. The minimum atomic E-state index is -0.516. The second-order valence-electron chi connectivity index (χ2n) is 13.7. The lowest BCUT2D eigenvalue weighted by Gasteiger charge is -2.40. The van der Waals surface area contributed by atoms with Crippen molar-refractivity contribution >= 4 is 99.0 Å². The summed E-state index contributed by atoms with van der Waals surface area (Å²) in [6.45, 7) is 0. The summed E-state index contributed by atoms with van der Waals surface area (Å²) < 4.78 is 11.5. The molecular weight excluding hydrogens is 761 g/mol. The van der Waals surface area contributed by atoms with Gasteiger partial charge in [0.25, 0.3) is 0 Å². The first-order valence-corrected chi connectivity index (χ1v) is 20.8. The summed E-state index contributed by atoms with van der Waals surface area (Å²) in [5, 5.41) is 39.2. The lowest BCUT2D eigenvalue weighted by molar-refractivity contribution is 0.0282. The molecule has 11 heteroatoms. The number of allylic oxidation sites excluding steroid dienone is 6. The average molecular weight is 783 g/mol. The normalized spacial score (nSPS) is 17.7. The van der Waals surface area contributed by atoms with Crippen LogP contribution >= 0.6 is 45.3 Å². The van der Waals surface area contributed by atoms with Gasteiger partial charge in [0.05, 0.1) is 23.9 Å². The quantitative estimate of drug-likeness (QED) is 0.126. The van der Waals surface area contributed by atoms with Crippen LogP contribution in [-0.4, -0.2) is 11.6 Å². The largest absolute Gasteiger partial charge is 0.479 e. The number of thiophene rings is 4. The number of fused-ring (bicyclic) bond motifs is 10. The topological polar surface area (TPSA) is 139 Å². The molecule has 260 valence electrons. The zero-order valence-electron chi connectivity index (χ0n) is 28.6. The third kappa shape index (κ3) is 4.79. The fourth-order valence-electron chi connectivity index (χ4n) is 8.45. The molecule has 4 aliphatic rings. The van der Waals surface area contributed by atoms with Crippen LogP contribution < -0.4 is 4.74 Å². The minimum absolute atomic E-state index is 0.0784. The molecule has 10 rings (SSSR count). The van der Waals surface area contributed by atoms with Crippen LogP contribution in [0, 0.1) is 45.3 Å². The van der Waals surface area contributed by atoms with E-state index in [0.29, 0.717) is 44.5 Å². The number of Topliss-reactive ketones (excluding diaryl/α,β-unsaturated/α-hetero) is 2. The summed E-state index contributed by atoms with van der Waals surface area (Å²) in [6, 6.07) is 26.4. The highest BCUT2D eigenvalue weighted by molar-refractivity contribution is 7.35. The molecule has 1 aliphatic heterocycles. The number of rotatable bonds is 2. The molecule has 0 radical (unpaired) electrons. The van der Waals surface area contributed by atoms with Crippen LogP contribution in [0.3, 0.4) is 0 Å². The van der Waals surface area contributed by atoms with E-state index in [1.165, 1.54) is 10.4 Å². The highest BCUT2D eigenvalue weighted by Gasteiger charge is 2.46. The maximum absolute atomic E-state index is 13.7. The van der Waals surface area contributed by atoms with Crippen molar-refractivity contribution in [2.75, 3.05) is 0 Å². The van der Waals surface area contributed by atoms with Gasteiger partial charge in [-0.15, -0.1) is 45.3 Å². The van der Waals surface area contributed by atoms with Gasteiger partial charge in [-0.2, -0.15) is 21.0 Å². The van der Waals surface area contributed by atoms with Gasteiger partial charge in [-0.3, -0.25) is 9.59 Å². The molecule has 7 nitrogen and oxygen atoms in total. The number of benzene rings is 2. The molecule has 1 fully saturated rings. The van der Waals surface area contributed by atoms with E-state index in [-0.39, 0.29) is 22.7 Å². The summed E-state index contributed by atoms with van der Waals surface area (Å²) in [6.07, 6.45) is 8.60. The molecule has 55 heavy (non-hydrogen) atoms. The third-order valence-corrected chi connectivity index (χ3v) is 15.6. The van der Waals surface area contributed by atoms with Crippen molar-refractivity contribution in [1.82, 2.24) is 0 Å². The fourth-order valence-corrected chi connectivity index (χ4v) is 13.8. The molecular formula is C44H22N4O3S4. The zero-order valence-corrected chi connectivity index (χ0v) is 31.9. The number of nitrogens with zero attached hydrogens (tertiary/aromatic N) is 4. The fraction of sp³-hybridized carbons (Fsp3) is 0.136. The Morgan fingerprint density at radius 3 is 1.62 bits per heavy atom. The average Bonchev–Trinajstić information content (AvgIpc) is 4.04. The van der Waals surface area contributed by atoms with Crippen LogP contribution in [0.2, 0.25) is 0 Å². The number of carbonyl (C=O) groups excluding carboxylic acids is 2. The van der Waals surface area contributed by atoms with Crippen LogP contribution in [0.5, 0.6) is 5.75 Å². The lowest BCUT2D eigenvalue weighted by atomic mass is 9.78. The summed E-state index contributed by atoms with van der Waals surface area (Å²) in [4.78, 5) is 31.3. The molecule has 0 N–H and O–H groups in total. The van der Waals surface area contributed by atoms with Gasteiger partial charge in [-0.25, -0.2) is 0 Å². The number of nitriles is 4. The molecule has 0 amide bonds. The van der Waals surface area contributed by atoms with E-state index in [9.17, 15) is 30.6 Å². The van der Waals surface area contributed by atoms with Gasteiger partial charge in [0.2, 0.25) is 0 Å². The molecule has 6 aromatic rings. The molecule has 1 spiro atoms. The van der Waals surface area contributed by atoms with Gasteiger partial charge < -0.3 is 4.74 Å². The van der Waals surface area contributed by atoms with Gasteiger partial charge in [0, 0.05) is 53.4 Å². The van der Waals surface area contributed by atoms with E-state index in [0.717, 1.165) is 71.3 Å². The van der Waals surface area contributed by atoms with E-state index in [4.69, 9.17) is 4.74 Å². The Hall–Kier alpha value is -6.18. The molecule has 3 aliphatic carbocycles. The van der Waals surface area contributed by atoms with Gasteiger partial charge in [0.1, 0.15) is 41.0 Å². The Morgan fingerprint density at radius 2 is 1.09 bits per heavy atom. The summed E-state index contributed by atoms with van der Waals surface area (Å²) in [5.74, 6) is 0.478. The summed E-state index contributed by atoms with van der Waals surface area (Å²) >= 11 is 6.58. The molecule has 2 aromatic carbocycles. The Kier molecular flexibility index (Phi) is 7.55. The first-order valence-electron chi connectivity index (χ1n) is 17.5. The monoisotopic (exact) mass is 782 g/mol. The predicted molar refractivity (Wildman–Crippen MR) is 218 cm³/mol. The van der Waals surface area contributed by atoms with Crippen LogP contribution in [0.1, 0.15) is 79.3 Å². The SMILES string of the molecule is N#CC(C#N)=C1/C(=C/c2cc3sc4c(c3s2)OC2(CCCCC2)c2c-4sc3cc(/C=C4\C(=O)c5ccccc5C4=C(C#N)C#N)sc23)C(=O)c2ccccc21. The molecule has 0 bridgehead atoms. The standard InChI is InChI=1S/C44H22N4O3S4/c45-18-22(19-46)34-26-8-2-4-10-28(26)37(49)30(34)14-24-16-32-40(52-24)36-42(54-32)43-39(51-44(36)12-6-1-7-13-44)41-33(55-43)17-25(53-41)15-31-35(23(20-47)21-48)27-9-3-5-11-29(27)38(31)50/h2-5,8-11,14-17H,1,6-7,12-13H2/b30-14-,31-15-. The van der Waals surface area contributed by atoms with Crippen molar-refractivity contribution in [3.8, 4) is 39.8 Å². The highest BCUT2D eigenvalue weighted by Crippen LogP contribution is 2.63. The van der Waals surface area contributed by atoms with Crippen molar-refractivity contribution in [3.05, 3.63) is 121 Å². The van der Waals surface area contributed by atoms with E-state index >= 15 is 0 Å². The van der Waals surface area contributed by atoms with Crippen LogP contribution in [0.4, 0.5) is 0 Å². The van der Waals surface area contributed by atoms with E-state index in [2.05, 4.69) is 12.1 Å². The van der Waals surface area contributed by atoms with Crippen LogP contribution in [0.25, 0.3) is 51.9 Å². The van der Waals surface area contributed by atoms with Crippen LogP contribution in [-0.2, 0) is 5.60 Å². The van der Waals surface area contributed by atoms with Crippen molar-refractivity contribution < 1.29 is 14.3 Å². The molecule has 5 heterocycles. The molecule has 0 saturated heterocycles. The summed E-state index contributed by atoms with van der Waals surface area (Å²) in [7, 11) is 0. The number of ketones is 2. The van der Waals surface area contributed by atoms with Gasteiger partial charge >= 0.3 is 0 Å². The van der Waals surface area contributed by atoms with Gasteiger partial charge in [-0.05, 0) is 61.1 Å². The minimum Gasteiger partial charge on any atom is -0.479 e. The Balaban J connectivity index is 1.10. The number of ether oxygens (including phenoxy) is 1. The smallest absolute Gasteiger partial charge is 0.194 e. The van der Waals surface area contributed by atoms with E-state index in [1.807, 2.05) is 42.5 Å². The molecule has 1 saturated carbocycles. The Morgan fingerprint density at radius 1 is 0.618 bits per heavy atom. The first kappa shape index (κ1) is 33.4. The lowest BCUT2D eigenvalue weighted by Crippen LogP contribution is -2.37. The molecule has 0 atom stereocenters. The maximum Gasteiger partial charge on any atom is 0.194 e. The van der Waals surface area contributed by atoms with Crippen molar-refractivity contribution in [3.63, 3.8) is 0 Å². The van der Waals surface area contributed by atoms with Crippen LogP contribution in [0.15, 0.2) is 83.0 Å². The number of hydrogen-bond acceptors (Lipinski definition) is 11. The van der Waals surface area contributed by atoms with E-state index in [1.54, 1.807) is 87.8 Å². The first-order chi connectivity index (χ1) is 26.9. The third-order valence-electron chi connectivity index (χ3n) is 10.8. The Bertz CT molecular complexity index is 3050. The number of hydrogen-bond donors (Lipinski definition) is 0. The highest BCUT2D eigenvalue weighted by atomic mass is 32.1. The Labute approximate surface area is 330 Å². The zero-order chi connectivity index (χ0) is 37.6. The van der Waals surface area contributed by atoms with Gasteiger partial charge in [0.15, 0.2) is 17.3 Å². The van der Waals surface area contributed by atoms with Crippen molar-refractivity contribution in [1.29, 1.82) is 21.0 Å². The second-order valence-corrected chi connectivity index (χ2v) is 18.0.